The van der Waals surface area contributed by atoms with Gasteiger partial charge in [0.15, 0.2) is 0 Å². The number of amides is 1. The van der Waals surface area contributed by atoms with Gasteiger partial charge in [0.2, 0.25) is 5.91 Å². The number of hydrogen-bond donors (Lipinski definition) is 2. The van der Waals surface area contributed by atoms with Crippen LogP contribution in [0.25, 0.3) is 0 Å². The molecule has 0 radical (unpaired) electrons. The van der Waals surface area contributed by atoms with Gasteiger partial charge in [-0.15, -0.1) is 0 Å². The number of nitrogens with one attached hydrogen (secondary N) is 2. The van der Waals surface area contributed by atoms with E-state index in [9.17, 15) is 4.79 Å². The topological polar surface area (TPSA) is 41.1 Å². The number of carbonyl (C=O) groups excluding carboxylic acids is 1. The first kappa shape index (κ1) is 14.2. The SMILES string of the molecule is CC(NCCC1=CCCC1)C(=O)NC(C)(C)C. The van der Waals surface area contributed by atoms with Gasteiger partial charge in [-0.1, -0.05) is 11.6 Å². The predicted molar refractivity (Wildman–Crippen MR) is 71.9 cm³/mol. The largest absolute Gasteiger partial charge is 0.350 e. The van der Waals surface area contributed by atoms with E-state index in [1.807, 2.05) is 27.7 Å². The molecule has 0 aliphatic heterocycles. The highest BCUT2D eigenvalue weighted by molar-refractivity contribution is 5.81. The van der Waals surface area contributed by atoms with Gasteiger partial charge < -0.3 is 10.6 Å². The van der Waals surface area contributed by atoms with Gasteiger partial charge in [-0.3, -0.25) is 4.79 Å². The minimum absolute atomic E-state index is 0.0814. The lowest BCUT2D eigenvalue weighted by atomic mass is 10.1. The fourth-order valence-electron chi connectivity index (χ4n) is 1.98. The molecule has 0 aromatic carbocycles. The third kappa shape index (κ3) is 5.87. The third-order valence-electron chi connectivity index (χ3n) is 2.92. The molecule has 0 bridgehead atoms. The van der Waals surface area contributed by atoms with Gasteiger partial charge in [0, 0.05) is 5.54 Å². The fraction of sp³-hybridized carbons (Fsp3) is 0.786. The van der Waals surface area contributed by atoms with E-state index in [4.69, 9.17) is 0 Å². The van der Waals surface area contributed by atoms with Gasteiger partial charge in [0.1, 0.15) is 0 Å². The number of allylic oxidation sites excluding steroid dienone is 1. The molecule has 1 amide bonds. The Hall–Kier alpha value is -0.830. The molecule has 2 N–H and O–H groups in total. The van der Waals surface area contributed by atoms with E-state index in [0.717, 1.165) is 13.0 Å². The summed E-state index contributed by atoms with van der Waals surface area (Å²) in [6.45, 7) is 8.82. The molecule has 0 heterocycles. The zero-order valence-electron chi connectivity index (χ0n) is 11.6. The highest BCUT2D eigenvalue weighted by Gasteiger charge is 2.18. The van der Waals surface area contributed by atoms with E-state index < -0.39 is 0 Å². The smallest absolute Gasteiger partial charge is 0.237 e. The zero-order valence-corrected chi connectivity index (χ0v) is 11.6. The highest BCUT2D eigenvalue weighted by atomic mass is 16.2. The van der Waals surface area contributed by atoms with Crippen LogP contribution in [0.4, 0.5) is 0 Å². The van der Waals surface area contributed by atoms with Crippen molar-refractivity contribution >= 4 is 5.91 Å². The average Bonchev–Trinajstić information content (AvgIpc) is 2.67. The maximum absolute atomic E-state index is 11.8. The second-order valence-corrected chi connectivity index (χ2v) is 5.92. The summed E-state index contributed by atoms with van der Waals surface area (Å²) in [6, 6.07) is -0.115. The Labute approximate surface area is 105 Å². The van der Waals surface area contributed by atoms with Crippen LogP contribution in [0.1, 0.15) is 53.4 Å². The first-order valence-corrected chi connectivity index (χ1v) is 6.62. The summed E-state index contributed by atoms with van der Waals surface area (Å²) in [7, 11) is 0. The van der Waals surface area contributed by atoms with Crippen molar-refractivity contribution in [3.05, 3.63) is 11.6 Å². The van der Waals surface area contributed by atoms with Crippen molar-refractivity contribution < 1.29 is 4.79 Å². The van der Waals surface area contributed by atoms with Crippen LogP contribution in [0.3, 0.4) is 0 Å². The molecule has 0 saturated carbocycles. The Bertz CT molecular complexity index is 289. The predicted octanol–water partition coefficient (Wildman–Crippen LogP) is 2.38. The lowest BCUT2D eigenvalue weighted by Crippen LogP contribution is -2.49. The van der Waals surface area contributed by atoms with Crippen molar-refractivity contribution in [1.29, 1.82) is 0 Å². The number of hydrogen-bond acceptors (Lipinski definition) is 2. The molecule has 1 aliphatic carbocycles. The molecule has 0 fully saturated rings. The monoisotopic (exact) mass is 238 g/mol. The molecule has 0 saturated heterocycles. The van der Waals surface area contributed by atoms with Crippen LogP contribution in [-0.4, -0.2) is 24.0 Å². The summed E-state index contributed by atoms with van der Waals surface area (Å²) in [5.74, 6) is 0.0814. The van der Waals surface area contributed by atoms with E-state index in [2.05, 4.69) is 16.7 Å². The second-order valence-electron chi connectivity index (χ2n) is 5.92. The molecule has 0 aromatic rings. The molecule has 1 atom stereocenters. The highest BCUT2D eigenvalue weighted by Crippen LogP contribution is 2.19. The van der Waals surface area contributed by atoms with Crippen LogP contribution < -0.4 is 10.6 Å². The third-order valence-corrected chi connectivity index (χ3v) is 2.92. The first-order chi connectivity index (χ1) is 7.88. The Kier molecular flexibility index (Phi) is 5.19. The summed E-state index contributed by atoms with van der Waals surface area (Å²) in [5, 5.41) is 6.26. The summed E-state index contributed by atoms with van der Waals surface area (Å²) in [5.41, 5.74) is 1.39. The van der Waals surface area contributed by atoms with E-state index in [1.54, 1.807) is 5.57 Å². The van der Waals surface area contributed by atoms with Crippen LogP contribution in [0, 0.1) is 0 Å². The van der Waals surface area contributed by atoms with Crippen molar-refractivity contribution in [2.24, 2.45) is 0 Å². The van der Waals surface area contributed by atoms with Crippen LogP contribution >= 0.6 is 0 Å². The van der Waals surface area contributed by atoms with E-state index in [1.165, 1.54) is 19.3 Å². The molecule has 1 aliphatic rings. The molecular formula is C14H26N2O. The minimum Gasteiger partial charge on any atom is -0.350 e. The van der Waals surface area contributed by atoms with Gasteiger partial charge in [-0.05, 0) is 59.9 Å². The quantitative estimate of drug-likeness (QED) is 0.722. The molecule has 0 aromatic heterocycles. The molecular weight excluding hydrogens is 212 g/mol. The van der Waals surface area contributed by atoms with Crippen molar-refractivity contribution in [1.82, 2.24) is 10.6 Å². The van der Waals surface area contributed by atoms with Gasteiger partial charge in [-0.2, -0.15) is 0 Å². The molecule has 17 heavy (non-hydrogen) atoms. The Morgan fingerprint density at radius 2 is 2.18 bits per heavy atom. The van der Waals surface area contributed by atoms with Crippen LogP contribution in [0.5, 0.6) is 0 Å². The fourth-order valence-corrected chi connectivity index (χ4v) is 1.98. The maximum atomic E-state index is 11.8. The van der Waals surface area contributed by atoms with Crippen LogP contribution in [0.15, 0.2) is 11.6 Å². The zero-order chi connectivity index (χ0) is 12.9. The lowest BCUT2D eigenvalue weighted by Gasteiger charge is -2.23. The summed E-state index contributed by atoms with van der Waals surface area (Å²) < 4.78 is 0. The van der Waals surface area contributed by atoms with Crippen LogP contribution in [-0.2, 0) is 4.79 Å². The molecule has 1 rings (SSSR count). The van der Waals surface area contributed by atoms with Gasteiger partial charge in [-0.25, -0.2) is 0 Å². The standard InChI is InChI=1S/C14H26N2O/c1-11(13(17)16-14(2,3)4)15-10-9-12-7-5-6-8-12/h7,11,15H,5-6,8-10H2,1-4H3,(H,16,17). The minimum atomic E-state index is -0.152. The van der Waals surface area contributed by atoms with Crippen molar-refractivity contribution in [2.45, 2.75) is 65.0 Å². The normalized spacial score (nSPS) is 17.8. The maximum Gasteiger partial charge on any atom is 0.237 e. The van der Waals surface area contributed by atoms with E-state index in [0.29, 0.717) is 0 Å². The molecule has 98 valence electrons. The van der Waals surface area contributed by atoms with Gasteiger partial charge >= 0.3 is 0 Å². The molecule has 3 nitrogen and oxygen atoms in total. The van der Waals surface area contributed by atoms with Crippen molar-refractivity contribution in [3.63, 3.8) is 0 Å². The average molecular weight is 238 g/mol. The summed E-state index contributed by atoms with van der Waals surface area (Å²) >= 11 is 0. The lowest BCUT2D eigenvalue weighted by molar-refractivity contribution is -0.124. The Balaban J connectivity index is 2.19. The van der Waals surface area contributed by atoms with Gasteiger partial charge in [0.05, 0.1) is 6.04 Å². The van der Waals surface area contributed by atoms with Crippen LogP contribution in [0.2, 0.25) is 0 Å². The summed E-state index contributed by atoms with van der Waals surface area (Å²) in [6.07, 6.45) is 7.18. The number of rotatable bonds is 5. The Morgan fingerprint density at radius 3 is 2.71 bits per heavy atom. The Morgan fingerprint density at radius 1 is 1.47 bits per heavy atom. The molecule has 3 heteroatoms. The van der Waals surface area contributed by atoms with Gasteiger partial charge in [0.25, 0.3) is 0 Å². The second kappa shape index (κ2) is 6.20. The van der Waals surface area contributed by atoms with E-state index >= 15 is 0 Å². The molecule has 0 spiro atoms. The molecule has 1 unspecified atom stereocenters. The first-order valence-electron chi connectivity index (χ1n) is 6.62. The van der Waals surface area contributed by atoms with E-state index in [-0.39, 0.29) is 17.5 Å². The van der Waals surface area contributed by atoms with Crippen molar-refractivity contribution in [2.75, 3.05) is 6.54 Å². The summed E-state index contributed by atoms with van der Waals surface area (Å²) in [4.78, 5) is 11.8. The number of carbonyl (C=O) groups is 1. The van der Waals surface area contributed by atoms with Crippen molar-refractivity contribution in [3.8, 4) is 0 Å².